The third-order valence-corrected chi connectivity index (χ3v) is 5.71. The van der Waals surface area contributed by atoms with E-state index in [9.17, 15) is 4.79 Å². The Labute approximate surface area is 151 Å². The van der Waals surface area contributed by atoms with E-state index >= 15 is 0 Å². The number of methoxy groups -OCH3 is 1. The Bertz CT molecular complexity index is 520. The molecule has 0 aromatic heterocycles. The number of hydrogen-bond donors (Lipinski definition) is 2. The normalized spacial score (nSPS) is 21.2. The quantitative estimate of drug-likeness (QED) is 0.827. The Morgan fingerprint density at radius 2 is 1.83 bits per heavy atom. The number of carbonyl (C=O) groups excluding carboxylic acids is 1. The lowest BCUT2D eigenvalue weighted by Gasteiger charge is -2.43. The van der Waals surface area contributed by atoms with Gasteiger partial charge in [-0.15, -0.1) is 12.4 Å². The van der Waals surface area contributed by atoms with E-state index in [-0.39, 0.29) is 29.1 Å². The number of hydrogen-bond acceptors (Lipinski definition) is 3. The number of halogens is 1. The third-order valence-electron chi connectivity index (χ3n) is 5.71. The molecular weight excluding hydrogens is 324 g/mol. The minimum absolute atomic E-state index is 0. The molecule has 3 rings (SSSR count). The average Bonchev–Trinajstić information content (AvgIpc) is 2.54. The SMILES string of the molecule is COCC1(CNC(=O)C2(c3ccccc3)CCC2)CCNCC1.Cl. The molecule has 1 amide bonds. The van der Waals surface area contributed by atoms with E-state index in [4.69, 9.17) is 4.74 Å². The molecule has 0 bridgehead atoms. The Kier molecular flexibility index (Phi) is 6.67. The number of amides is 1. The molecule has 0 unspecified atom stereocenters. The summed E-state index contributed by atoms with van der Waals surface area (Å²) in [5, 5.41) is 6.67. The molecule has 4 nitrogen and oxygen atoms in total. The van der Waals surface area contributed by atoms with Gasteiger partial charge in [-0.2, -0.15) is 0 Å². The summed E-state index contributed by atoms with van der Waals surface area (Å²) in [6.07, 6.45) is 5.16. The second kappa shape index (κ2) is 8.32. The summed E-state index contributed by atoms with van der Waals surface area (Å²) in [6, 6.07) is 10.3. The van der Waals surface area contributed by atoms with Crippen molar-refractivity contribution in [1.29, 1.82) is 0 Å². The first-order valence-electron chi connectivity index (χ1n) is 8.74. The molecule has 1 aromatic carbocycles. The lowest BCUT2D eigenvalue weighted by Crippen LogP contribution is -2.53. The molecule has 0 spiro atoms. The van der Waals surface area contributed by atoms with Crippen LogP contribution >= 0.6 is 12.4 Å². The highest BCUT2D eigenvalue weighted by Gasteiger charge is 2.46. The summed E-state index contributed by atoms with van der Waals surface area (Å²) in [7, 11) is 1.75. The van der Waals surface area contributed by atoms with Gasteiger partial charge in [-0.05, 0) is 44.3 Å². The van der Waals surface area contributed by atoms with Crippen LogP contribution in [-0.4, -0.2) is 39.3 Å². The van der Waals surface area contributed by atoms with E-state index in [1.165, 1.54) is 0 Å². The molecular formula is C19H29ClN2O2. The van der Waals surface area contributed by atoms with Gasteiger partial charge in [0.15, 0.2) is 0 Å². The molecule has 2 fully saturated rings. The number of ether oxygens (including phenoxy) is 1. The third kappa shape index (κ3) is 3.76. The van der Waals surface area contributed by atoms with E-state index in [1.807, 2.05) is 18.2 Å². The van der Waals surface area contributed by atoms with Crippen molar-refractivity contribution in [2.24, 2.45) is 5.41 Å². The zero-order chi connectivity index (χ0) is 16.2. The highest BCUT2D eigenvalue weighted by molar-refractivity contribution is 5.89. The van der Waals surface area contributed by atoms with Crippen LogP contribution in [0.3, 0.4) is 0 Å². The van der Waals surface area contributed by atoms with Crippen molar-refractivity contribution in [3.63, 3.8) is 0 Å². The van der Waals surface area contributed by atoms with Crippen LogP contribution in [0.15, 0.2) is 30.3 Å². The number of carbonyl (C=O) groups is 1. The van der Waals surface area contributed by atoms with Gasteiger partial charge in [0, 0.05) is 19.1 Å². The van der Waals surface area contributed by atoms with Crippen LogP contribution < -0.4 is 10.6 Å². The van der Waals surface area contributed by atoms with Crippen LogP contribution in [-0.2, 0) is 14.9 Å². The van der Waals surface area contributed by atoms with E-state index < -0.39 is 0 Å². The molecule has 2 aliphatic rings. The molecule has 134 valence electrons. The Morgan fingerprint density at radius 1 is 1.17 bits per heavy atom. The first-order valence-corrected chi connectivity index (χ1v) is 8.74. The van der Waals surface area contributed by atoms with E-state index in [0.717, 1.165) is 57.3 Å². The highest BCUT2D eigenvalue weighted by Crippen LogP contribution is 2.44. The minimum atomic E-state index is -0.303. The van der Waals surface area contributed by atoms with Gasteiger partial charge >= 0.3 is 0 Å². The predicted octanol–water partition coefficient (Wildman–Crippen LogP) is 2.66. The van der Waals surface area contributed by atoms with Crippen molar-refractivity contribution in [1.82, 2.24) is 10.6 Å². The van der Waals surface area contributed by atoms with Gasteiger partial charge in [0.25, 0.3) is 0 Å². The van der Waals surface area contributed by atoms with Crippen molar-refractivity contribution >= 4 is 18.3 Å². The van der Waals surface area contributed by atoms with Gasteiger partial charge in [0.1, 0.15) is 0 Å². The molecule has 1 saturated heterocycles. The van der Waals surface area contributed by atoms with Gasteiger partial charge in [-0.1, -0.05) is 36.8 Å². The Balaban J connectivity index is 0.00000208. The van der Waals surface area contributed by atoms with Crippen LogP contribution in [0.1, 0.15) is 37.7 Å². The maximum absolute atomic E-state index is 13.0. The largest absolute Gasteiger partial charge is 0.384 e. The fourth-order valence-corrected chi connectivity index (χ4v) is 4.01. The van der Waals surface area contributed by atoms with Crippen molar-refractivity contribution in [2.75, 3.05) is 33.4 Å². The molecule has 1 heterocycles. The van der Waals surface area contributed by atoms with Crippen LogP contribution in [0.4, 0.5) is 0 Å². The van der Waals surface area contributed by atoms with Crippen molar-refractivity contribution in [3.05, 3.63) is 35.9 Å². The van der Waals surface area contributed by atoms with Gasteiger partial charge in [-0.3, -0.25) is 4.79 Å². The van der Waals surface area contributed by atoms with Crippen molar-refractivity contribution in [2.45, 2.75) is 37.5 Å². The average molecular weight is 353 g/mol. The monoisotopic (exact) mass is 352 g/mol. The second-order valence-electron chi connectivity index (χ2n) is 7.17. The predicted molar refractivity (Wildman–Crippen MR) is 98.6 cm³/mol. The topological polar surface area (TPSA) is 50.4 Å². The van der Waals surface area contributed by atoms with Crippen molar-refractivity contribution < 1.29 is 9.53 Å². The van der Waals surface area contributed by atoms with Crippen LogP contribution in [0.5, 0.6) is 0 Å². The summed E-state index contributed by atoms with van der Waals surface area (Å²) in [4.78, 5) is 13.0. The lowest BCUT2D eigenvalue weighted by molar-refractivity contribution is -0.130. The molecule has 1 aromatic rings. The number of piperidine rings is 1. The molecule has 24 heavy (non-hydrogen) atoms. The standard InChI is InChI=1S/C19H28N2O2.ClH/c1-23-15-18(10-12-20-13-11-18)14-21-17(22)19(8-5-9-19)16-6-3-2-4-7-16;/h2-4,6-7,20H,5,8-15H2,1H3,(H,21,22);1H. The maximum Gasteiger partial charge on any atom is 0.230 e. The number of nitrogens with one attached hydrogen (secondary N) is 2. The van der Waals surface area contributed by atoms with Crippen LogP contribution in [0.2, 0.25) is 0 Å². The maximum atomic E-state index is 13.0. The molecule has 5 heteroatoms. The zero-order valence-corrected chi connectivity index (χ0v) is 15.3. The fourth-order valence-electron chi connectivity index (χ4n) is 4.01. The van der Waals surface area contributed by atoms with Crippen LogP contribution in [0.25, 0.3) is 0 Å². The Hall–Kier alpha value is -1.10. The van der Waals surface area contributed by atoms with Crippen molar-refractivity contribution in [3.8, 4) is 0 Å². The van der Waals surface area contributed by atoms with Gasteiger partial charge in [0.05, 0.1) is 12.0 Å². The first kappa shape index (κ1) is 19.2. The number of rotatable bonds is 6. The molecule has 2 N–H and O–H groups in total. The van der Waals surface area contributed by atoms with Gasteiger partial charge in [0.2, 0.25) is 5.91 Å². The molecule has 0 atom stereocenters. The molecule has 1 saturated carbocycles. The smallest absolute Gasteiger partial charge is 0.230 e. The summed E-state index contributed by atoms with van der Waals surface area (Å²) in [5.41, 5.74) is 0.939. The summed E-state index contributed by atoms with van der Waals surface area (Å²) in [5.74, 6) is 0.198. The molecule has 1 aliphatic heterocycles. The second-order valence-corrected chi connectivity index (χ2v) is 7.17. The van der Waals surface area contributed by atoms with E-state index in [1.54, 1.807) is 7.11 Å². The lowest BCUT2D eigenvalue weighted by atomic mass is 9.63. The molecule has 0 radical (unpaired) electrons. The number of benzene rings is 1. The van der Waals surface area contributed by atoms with Gasteiger partial charge in [-0.25, -0.2) is 0 Å². The van der Waals surface area contributed by atoms with Crippen LogP contribution in [0, 0.1) is 5.41 Å². The van der Waals surface area contributed by atoms with E-state index in [2.05, 4.69) is 22.8 Å². The zero-order valence-electron chi connectivity index (χ0n) is 14.5. The molecule has 1 aliphatic carbocycles. The minimum Gasteiger partial charge on any atom is -0.384 e. The Morgan fingerprint density at radius 3 is 2.38 bits per heavy atom. The summed E-state index contributed by atoms with van der Waals surface area (Å²) < 4.78 is 5.45. The van der Waals surface area contributed by atoms with Gasteiger partial charge < -0.3 is 15.4 Å². The highest BCUT2D eigenvalue weighted by atomic mass is 35.5. The first-order chi connectivity index (χ1) is 11.2. The summed E-state index contributed by atoms with van der Waals surface area (Å²) in [6.45, 7) is 3.44. The summed E-state index contributed by atoms with van der Waals surface area (Å²) >= 11 is 0. The fraction of sp³-hybridized carbons (Fsp3) is 0.632. The van der Waals surface area contributed by atoms with E-state index in [0.29, 0.717) is 6.61 Å².